The van der Waals surface area contributed by atoms with Crippen LogP contribution in [0.5, 0.6) is 0 Å². The molecule has 2 atom stereocenters. The summed E-state index contributed by atoms with van der Waals surface area (Å²) < 4.78 is 4.42. The molecule has 1 aromatic rings. The van der Waals surface area contributed by atoms with Crippen molar-refractivity contribution in [2.24, 2.45) is 5.92 Å². The normalized spacial score (nSPS) is 15.5. The number of carbonyl (C=O) groups excluding carboxylic acids is 1. The summed E-state index contributed by atoms with van der Waals surface area (Å²) >= 11 is 0. The van der Waals surface area contributed by atoms with Crippen molar-refractivity contribution in [1.82, 2.24) is 0 Å². The molecule has 0 aliphatic rings. The third kappa shape index (κ3) is 3.30. The highest BCUT2D eigenvalue weighted by Crippen LogP contribution is 2.28. The molecule has 98 valence electrons. The monoisotopic (exact) mass is 252 g/mol. The first-order valence-corrected chi connectivity index (χ1v) is 5.47. The number of methoxy groups -OCH3 is 1. The molecule has 0 aromatic heterocycles. The van der Waals surface area contributed by atoms with Crippen LogP contribution < -0.4 is 0 Å². The van der Waals surface area contributed by atoms with Gasteiger partial charge in [0.25, 0.3) is 0 Å². The zero-order valence-corrected chi connectivity index (χ0v) is 10.3. The van der Waals surface area contributed by atoms with Gasteiger partial charge in [-0.15, -0.1) is 0 Å². The van der Waals surface area contributed by atoms with Gasteiger partial charge in [0.05, 0.1) is 12.7 Å². The molecule has 0 radical (unpaired) electrons. The van der Waals surface area contributed by atoms with Crippen LogP contribution >= 0.6 is 0 Å². The van der Waals surface area contributed by atoms with Crippen LogP contribution in [0.1, 0.15) is 18.9 Å². The molecular weight excluding hydrogens is 236 g/mol. The van der Waals surface area contributed by atoms with Crippen molar-refractivity contribution in [3.63, 3.8) is 0 Å². The zero-order valence-electron chi connectivity index (χ0n) is 10.3. The van der Waals surface area contributed by atoms with E-state index in [9.17, 15) is 14.7 Å². The van der Waals surface area contributed by atoms with Crippen molar-refractivity contribution in [3.05, 3.63) is 35.9 Å². The minimum absolute atomic E-state index is 0.237. The average molecular weight is 252 g/mol. The fraction of sp³-hybridized carbons (Fsp3) is 0.385. The van der Waals surface area contributed by atoms with Crippen LogP contribution in [0.25, 0.3) is 0 Å². The summed E-state index contributed by atoms with van der Waals surface area (Å²) in [5.74, 6) is -3.55. The number of carboxylic acids is 1. The molecule has 0 spiro atoms. The van der Waals surface area contributed by atoms with Gasteiger partial charge in [-0.25, -0.2) is 0 Å². The van der Waals surface area contributed by atoms with E-state index in [1.807, 2.05) is 0 Å². The fourth-order valence-corrected chi connectivity index (χ4v) is 1.73. The lowest BCUT2D eigenvalue weighted by molar-refractivity contribution is -0.160. The van der Waals surface area contributed by atoms with E-state index in [-0.39, 0.29) is 6.42 Å². The van der Waals surface area contributed by atoms with E-state index in [1.54, 1.807) is 30.3 Å². The largest absolute Gasteiger partial charge is 0.481 e. The molecule has 1 rings (SSSR count). The van der Waals surface area contributed by atoms with Crippen LogP contribution in [0.4, 0.5) is 0 Å². The van der Waals surface area contributed by atoms with E-state index in [4.69, 9.17) is 5.11 Å². The first-order chi connectivity index (χ1) is 8.38. The zero-order chi connectivity index (χ0) is 13.8. The Bertz CT molecular complexity index is 424. The molecule has 2 unspecified atom stereocenters. The molecule has 0 heterocycles. The van der Waals surface area contributed by atoms with Gasteiger partial charge in [0.1, 0.15) is 0 Å². The van der Waals surface area contributed by atoms with Crippen molar-refractivity contribution in [2.75, 3.05) is 7.11 Å². The van der Waals surface area contributed by atoms with Gasteiger partial charge in [-0.2, -0.15) is 0 Å². The molecule has 0 aliphatic carbocycles. The first kappa shape index (κ1) is 14.2. The number of carboxylic acid groups (broad SMARTS) is 1. The van der Waals surface area contributed by atoms with E-state index >= 15 is 0 Å². The number of aliphatic hydroxyl groups is 1. The van der Waals surface area contributed by atoms with Crippen molar-refractivity contribution in [2.45, 2.75) is 18.9 Å². The van der Waals surface area contributed by atoms with Crippen LogP contribution in [0, 0.1) is 5.92 Å². The highest BCUT2D eigenvalue weighted by Gasteiger charge is 2.36. The van der Waals surface area contributed by atoms with Gasteiger partial charge in [-0.3, -0.25) is 9.59 Å². The Morgan fingerprint density at radius 1 is 1.33 bits per heavy atom. The van der Waals surface area contributed by atoms with Gasteiger partial charge >= 0.3 is 11.9 Å². The Kier molecular flexibility index (Phi) is 4.44. The quantitative estimate of drug-likeness (QED) is 0.606. The third-order valence-electron chi connectivity index (χ3n) is 2.78. The lowest BCUT2D eigenvalue weighted by atomic mass is 9.86. The number of esters is 1. The number of aliphatic carboxylic acids is 1. The van der Waals surface area contributed by atoms with Gasteiger partial charge < -0.3 is 14.9 Å². The maximum Gasteiger partial charge on any atom is 0.320 e. The smallest absolute Gasteiger partial charge is 0.320 e. The summed E-state index contributed by atoms with van der Waals surface area (Å²) in [7, 11) is 1.12. The predicted octanol–water partition coefficient (Wildman–Crippen LogP) is 1.16. The predicted molar refractivity (Wildman–Crippen MR) is 63.8 cm³/mol. The SMILES string of the molecule is COC(=O)C(CC(C)(O)c1ccccc1)C(=O)O. The number of carbonyl (C=O) groups is 2. The Hall–Kier alpha value is -1.88. The number of hydrogen-bond acceptors (Lipinski definition) is 4. The van der Waals surface area contributed by atoms with E-state index in [0.717, 1.165) is 7.11 Å². The van der Waals surface area contributed by atoms with Gasteiger partial charge in [0.15, 0.2) is 5.92 Å². The number of rotatable bonds is 5. The summed E-state index contributed by atoms with van der Waals surface area (Å²) in [5.41, 5.74) is -0.849. The van der Waals surface area contributed by atoms with Crippen molar-refractivity contribution >= 4 is 11.9 Å². The molecule has 0 bridgehead atoms. The summed E-state index contributed by atoms with van der Waals surface area (Å²) in [4.78, 5) is 22.3. The topological polar surface area (TPSA) is 83.8 Å². The standard InChI is InChI=1S/C13H16O5/c1-13(17,9-6-4-3-5-7-9)8-10(11(14)15)12(16)18-2/h3-7,10,17H,8H2,1-2H3,(H,14,15). The lowest BCUT2D eigenvalue weighted by Gasteiger charge is -2.26. The Labute approximate surface area is 105 Å². The van der Waals surface area contributed by atoms with Crippen LogP contribution in [0.2, 0.25) is 0 Å². The van der Waals surface area contributed by atoms with E-state index < -0.39 is 23.5 Å². The summed E-state index contributed by atoms with van der Waals surface area (Å²) in [6.45, 7) is 1.47. The maximum absolute atomic E-state index is 11.3. The van der Waals surface area contributed by atoms with Crippen LogP contribution in [0.3, 0.4) is 0 Å². The Balaban J connectivity index is 2.93. The second kappa shape index (κ2) is 5.64. The van der Waals surface area contributed by atoms with E-state index in [0.29, 0.717) is 5.56 Å². The molecule has 0 saturated heterocycles. The van der Waals surface area contributed by atoms with Crippen molar-refractivity contribution in [1.29, 1.82) is 0 Å². The van der Waals surface area contributed by atoms with Crippen LogP contribution in [-0.4, -0.2) is 29.3 Å². The molecule has 0 aliphatic heterocycles. The van der Waals surface area contributed by atoms with E-state index in [2.05, 4.69) is 4.74 Å². The molecule has 5 nitrogen and oxygen atoms in total. The molecule has 0 amide bonds. The average Bonchev–Trinajstić information content (AvgIpc) is 2.36. The molecule has 1 aromatic carbocycles. The highest BCUT2D eigenvalue weighted by atomic mass is 16.5. The molecule has 18 heavy (non-hydrogen) atoms. The Morgan fingerprint density at radius 3 is 2.33 bits per heavy atom. The van der Waals surface area contributed by atoms with E-state index in [1.165, 1.54) is 6.92 Å². The first-order valence-electron chi connectivity index (χ1n) is 5.47. The number of ether oxygens (including phenoxy) is 1. The molecular formula is C13H16O5. The van der Waals surface area contributed by atoms with Gasteiger partial charge in [0.2, 0.25) is 0 Å². The molecule has 5 heteroatoms. The number of hydrogen-bond donors (Lipinski definition) is 2. The summed E-state index contributed by atoms with van der Waals surface area (Å²) in [6, 6.07) is 8.61. The molecule has 0 saturated carbocycles. The van der Waals surface area contributed by atoms with Gasteiger partial charge in [0, 0.05) is 6.42 Å². The highest BCUT2D eigenvalue weighted by molar-refractivity contribution is 5.93. The van der Waals surface area contributed by atoms with Crippen molar-refractivity contribution in [3.8, 4) is 0 Å². The molecule has 0 fully saturated rings. The second-order valence-electron chi connectivity index (χ2n) is 4.26. The van der Waals surface area contributed by atoms with Crippen LogP contribution in [0.15, 0.2) is 30.3 Å². The van der Waals surface area contributed by atoms with Gasteiger partial charge in [-0.05, 0) is 12.5 Å². The van der Waals surface area contributed by atoms with Crippen LogP contribution in [-0.2, 0) is 19.9 Å². The maximum atomic E-state index is 11.3. The lowest BCUT2D eigenvalue weighted by Crippen LogP contribution is -2.33. The number of benzene rings is 1. The minimum Gasteiger partial charge on any atom is -0.481 e. The van der Waals surface area contributed by atoms with Gasteiger partial charge in [-0.1, -0.05) is 30.3 Å². The third-order valence-corrected chi connectivity index (χ3v) is 2.78. The minimum atomic E-state index is -1.40. The summed E-state index contributed by atoms with van der Waals surface area (Å²) in [5, 5.41) is 19.3. The summed E-state index contributed by atoms with van der Waals surface area (Å²) in [6.07, 6.45) is -0.237. The fourth-order valence-electron chi connectivity index (χ4n) is 1.73. The second-order valence-corrected chi connectivity index (χ2v) is 4.26. The van der Waals surface area contributed by atoms with Crippen molar-refractivity contribution < 1.29 is 24.5 Å². The molecule has 2 N–H and O–H groups in total. The Morgan fingerprint density at radius 2 is 1.89 bits per heavy atom.